The van der Waals surface area contributed by atoms with Crippen molar-refractivity contribution in [1.82, 2.24) is 9.78 Å². The highest BCUT2D eigenvalue weighted by atomic mass is 79.9. The zero-order chi connectivity index (χ0) is 14.0. The van der Waals surface area contributed by atoms with Crippen molar-refractivity contribution >= 4 is 15.9 Å². The second kappa shape index (κ2) is 5.75. The molecule has 1 atom stereocenters. The van der Waals surface area contributed by atoms with Gasteiger partial charge in [-0.25, -0.2) is 0 Å². The topological polar surface area (TPSA) is 47.3 Å². The Labute approximate surface area is 121 Å². The Kier molecular flexibility index (Phi) is 4.27. The fourth-order valence-electron chi connectivity index (χ4n) is 1.83. The Morgan fingerprint density at radius 2 is 2.00 bits per heavy atom. The van der Waals surface area contributed by atoms with E-state index in [0.29, 0.717) is 6.61 Å². The Hall–Kier alpha value is -1.33. The van der Waals surface area contributed by atoms with Crippen LogP contribution in [0.5, 0.6) is 5.75 Å². The molecule has 0 saturated carbocycles. The second-order valence-electron chi connectivity index (χ2n) is 4.50. The van der Waals surface area contributed by atoms with Crippen LogP contribution in [-0.2, 0) is 13.7 Å². The number of aliphatic hydroxyl groups is 1. The molecule has 4 nitrogen and oxygen atoms in total. The van der Waals surface area contributed by atoms with E-state index in [2.05, 4.69) is 21.0 Å². The minimum Gasteiger partial charge on any atom is -0.487 e. The molecular formula is C14H17BrN2O2. The van der Waals surface area contributed by atoms with Crippen molar-refractivity contribution in [2.75, 3.05) is 0 Å². The molecule has 19 heavy (non-hydrogen) atoms. The van der Waals surface area contributed by atoms with Crippen LogP contribution in [0.1, 0.15) is 30.0 Å². The van der Waals surface area contributed by atoms with Crippen molar-refractivity contribution in [2.45, 2.75) is 26.6 Å². The fourth-order valence-corrected chi connectivity index (χ4v) is 2.28. The molecule has 0 aliphatic heterocycles. The molecule has 0 aliphatic rings. The summed E-state index contributed by atoms with van der Waals surface area (Å²) in [4.78, 5) is 0. The molecule has 0 spiro atoms. The van der Waals surface area contributed by atoms with Crippen LogP contribution in [0.4, 0.5) is 0 Å². The summed E-state index contributed by atoms with van der Waals surface area (Å²) in [7, 11) is 1.90. The first-order chi connectivity index (χ1) is 8.99. The molecule has 0 amide bonds. The van der Waals surface area contributed by atoms with Gasteiger partial charge in [-0.3, -0.25) is 4.68 Å². The van der Waals surface area contributed by atoms with Crippen molar-refractivity contribution < 1.29 is 9.84 Å². The number of halogens is 1. The van der Waals surface area contributed by atoms with Crippen molar-refractivity contribution in [3.05, 3.63) is 45.7 Å². The Morgan fingerprint density at radius 3 is 2.47 bits per heavy atom. The van der Waals surface area contributed by atoms with E-state index in [0.717, 1.165) is 27.2 Å². The summed E-state index contributed by atoms with van der Waals surface area (Å²) in [6, 6.07) is 7.45. The number of rotatable bonds is 4. The number of aryl methyl sites for hydroxylation is 2. The van der Waals surface area contributed by atoms with Gasteiger partial charge in [-0.05, 0) is 47.5 Å². The molecule has 0 saturated heterocycles. The molecule has 5 heteroatoms. The summed E-state index contributed by atoms with van der Waals surface area (Å²) in [6.07, 6.45) is -0.456. The third kappa shape index (κ3) is 3.16. The second-order valence-corrected chi connectivity index (χ2v) is 5.30. The normalized spacial score (nSPS) is 12.5. The average Bonchev–Trinajstić information content (AvgIpc) is 2.62. The van der Waals surface area contributed by atoms with Crippen LogP contribution in [0, 0.1) is 6.92 Å². The van der Waals surface area contributed by atoms with Crippen LogP contribution >= 0.6 is 15.9 Å². The van der Waals surface area contributed by atoms with Crippen molar-refractivity contribution in [3.8, 4) is 5.75 Å². The lowest BCUT2D eigenvalue weighted by molar-refractivity contribution is 0.199. The van der Waals surface area contributed by atoms with Crippen LogP contribution in [-0.4, -0.2) is 14.9 Å². The van der Waals surface area contributed by atoms with Gasteiger partial charge >= 0.3 is 0 Å². The first-order valence-corrected chi connectivity index (χ1v) is 6.87. The third-order valence-corrected chi connectivity index (χ3v) is 4.03. The zero-order valence-electron chi connectivity index (χ0n) is 11.2. The van der Waals surface area contributed by atoms with Gasteiger partial charge in [0.05, 0.1) is 22.0 Å². The fraction of sp³-hybridized carbons (Fsp3) is 0.357. The average molecular weight is 325 g/mol. The van der Waals surface area contributed by atoms with Crippen molar-refractivity contribution in [3.63, 3.8) is 0 Å². The lowest BCUT2D eigenvalue weighted by Gasteiger charge is -2.09. The molecule has 0 fully saturated rings. The Balaban J connectivity index is 2.06. The maximum atomic E-state index is 9.44. The number of benzene rings is 1. The number of aliphatic hydroxyl groups excluding tert-OH is 1. The predicted molar refractivity (Wildman–Crippen MR) is 77.1 cm³/mol. The first kappa shape index (κ1) is 14.1. The summed E-state index contributed by atoms with van der Waals surface area (Å²) in [5, 5.41) is 13.8. The lowest BCUT2D eigenvalue weighted by Crippen LogP contribution is -2.03. The largest absolute Gasteiger partial charge is 0.487 e. The maximum absolute atomic E-state index is 9.44. The number of hydrogen-bond donors (Lipinski definition) is 1. The van der Waals surface area contributed by atoms with Gasteiger partial charge in [0.1, 0.15) is 12.4 Å². The van der Waals surface area contributed by atoms with Gasteiger partial charge in [-0.2, -0.15) is 5.10 Å². The summed E-state index contributed by atoms with van der Waals surface area (Å²) in [5.74, 6) is 0.773. The zero-order valence-corrected chi connectivity index (χ0v) is 12.8. The van der Waals surface area contributed by atoms with E-state index in [1.165, 1.54) is 0 Å². The first-order valence-electron chi connectivity index (χ1n) is 6.08. The molecule has 1 aromatic heterocycles. The van der Waals surface area contributed by atoms with E-state index in [1.807, 2.05) is 42.9 Å². The Bertz CT molecular complexity index is 562. The molecule has 0 radical (unpaired) electrons. The van der Waals surface area contributed by atoms with Gasteiger partial charge in [0.25, 0.3) is 0 Å². The number of aromatic nitrogens is 2. The van der Waals surface area contributed by atoms with Crippen LogP contribution in [0.15, 0.2) is 28.7 Å². The van der Waals surface area contributed by atoms with Crippen LogP contribution in [0.25, 0.3) is 0 Å². The molecule has 0 aliphatic carbocycles. The maximum Gasteiger partial charge on any atom is 0.131 e. The smallest absolute Gasteiger partial charge is 0.131 e. The number of hydrogen-bond acceptors (Lipinski definition) is 3. The van der Waals surface area contributed by atoms with E-state index in [1.54, 1.807) is 6.92 Å². The molecular weight excluding hydrogens is 308 g/mol. The molecule has 1 N–H and O–H groups in total. The molecule has 1 heterocycles. The van der Waals surface area contributed by atoms with Gasteiger partial charge in [0, 0.05) is 7.05 Å². The van der Waals surface area contributed by atoms with Gasteiger partial charge in [-0.1, -0.05) is 12.1 Å². The molecule has 1 aromatic carbocycles. The van der Waals surface area contributed by atoms with Crippen molar-refractivity contribution in [1.29, 1.82) is 0 Å². The van der Waals surface area contributed by atoms with E-state index < -0.39 is 6.10 Å². The predicted octanol–water partition coefficient (Wildman–Crippen LogP) is 3.12. The van der Waals surface area contributed by atoms with Gasteiger partial charge in [0.2, 0.25) is 0 Å². The lowest BCUT2D eigenvalue weighted by atomic mass is 10.1. The van der Waals surface area contributed by atoms with E-state index >= 15 is 0 Å². The highest BCUT2D eigenvalue weighted by Crippen LogP contribution is 2.23. The highest BCUT2D eigenvalue weighted by molar-refractivity contribution is 9.10. The number of ether oxygens (including phenoxy) is 1. The van der Waals surface area contributed by atoms with Crippen LogP contribution < -0.4 is 4.74 Å². The number of nitrogens with zero attached hydrogens (tertiary/aromatic N) is 2. The summed E-state index contributed by atoms with van der Waals surface area (Å²) >= 11 is 3.51. The Morgan fingerprint density at radius 1 is 1.37 bits per heavy atom. The monoisotopic (exact) mass is 324 g/mol. The van der Waals surface area contributed by atoms with Crippen LogP contribution in [0.3, 0.4) is 0 Å². The minimum absolute atomic E-state index is 0.450. The summed E-state index contributed by atoms with van der Waals surface area (Å²) in [6.45, 7) is 4.14. The third-order valence-electron chi connectivity index (χ3n) is 3.00. The van der Waals surface area contributed by atoms with Gasteiger partial charge in [-0.15, -0.1) is 0 Å². The highest BCUT2D eigenvalue weighted by Gasteiger charge is 2.11. The van der Waals surface area contributed by atoms with Crippen LogP contribution in [0.2, 0.25) is 0 Å². The van der Waals surface area contributed by atoms with E-state index in [4.69, 9.17) is 4.74 Å². The SMILES string of the molecule is Cc1nn(C)c(COc2ccc(C(C)O)cc2)c1Br. The molecule has 1 unspecified atom stereocenters. The molecule has 2 aromatic rings. The minimum atomic E-state index is -0.456. The van der Waals surface area contributed by atoms with Gasteiger partial charge in [0.15, 0.2) is 0 Å². The molecule has 2 rings (SSSR count). The van der Waals surface area contributed by atoms with E-state index in [9.17, 15) is 5.11 Å². The summed E-state index contributed by atoms with van der Waals surface area (Å²) in [5.41, 5.74) is 2.83. The van der Waals surface area contributed by atoms with Gasteiger partial charge < -0.3 is 9.84 Å². The molecule has 0 bridgehead atoms. The van der Waals surface area contributed by atoms with Crippen molar-refractivity contribution in [2.24, 2.45) is 7.05 Å². The standard InChI is InChI=1S/C14H17BrN2O2/c1-9-14(15)13(17(3)16-9)8-19-12-6-4-11(5-7-12)10(2)18/h4-7,10,18H,8H2,1-3H3. The molecule has 102 valence electrons. The summed E-state index contributed by atoms with van der Waals surface area (Å²) < 4.78 is 8.52. The van der Waals surface area contributed by atoms with E-state index in [-0.39, 0.29) is 0 Å². The quantitative estimate of drug-likeness (QED) is 0.939.